The van der Waals surface area contributed by atoms with Gasteiger partial charge in [0.25, 0.3) is 0 Å². The molecule has 0 saturated heterocycles. The number of rotatable bonds is 7. The van der Waals surface area contributed by atoms with E-state index in [9.17, 15) is 13.2 Å². The Morgan fingerprint density at radius 3 is 2.62 bits per heavy atom. The van der Waals surface area contributed by atoms with E-state index >= 15 is 0 Å². The lowest BCUT2D eigenvalue weighted by molar-refractivity contribution is -0.138. The zero-order valence-electron chi connectivity index (χ0n) is 12.1. The van der Waals surface area contributed by atoms with Gasteiger partial charge in [-0.05, 0) is 49.4 Å². The predicted octanol–water partition coefficient (Wildman–Crippen LogP) is 5.70. The third kappa shape index (κ3) is 4.99. The van der Waals surface area contributed by atoms with Gasteiger partial charge in [-0.2, -0.15) is 13.2 Å². The summed E-state index contributed by atoms with van der Waals surface area (Å²) in [5, 5.41) is 3.29. The summed E-state index contributed by atoms with van der Waals surface area (Å²) < 4.78 is 40.3. The van der Waals surface area contributed by atoms with Crippen molar-refractivity contribution in [2.24, 2.45) is 5.92 Å². The standard InChI is InChI=1S/C16H21BrF3N/c1-2-9-21-15(8-5-11-3-4-11)13-7-6-12(17)10-14(13)16(18,19)20/h6-7,10-11,15,21H,2-5,8-9H2,1H3. The lowest BCUT2D eigenvalue weighted by Crippen LogP contribution is -2.25. The number of halogens is 4. The number of alkyl halides is 3. The molecule has 0 spiro atoms. The van der Waals surface area contributed by atoms with Crippen molar-refractivity contribution in [1.82, 2.24) is 5.32 Å². The highest BCUT2D eigenvalue weighted by molar-refractivity contribution is 9.10. The molecule has 1 atom stereocenters. The zero-order valence-corrected chi connectivity index (χ0v) is 13.7. The third-order valence-electron chi connectivity index (χ3n) is 3.90. The summed E-state index contributed by atoms with van der Waals surface area (Å²) in [4.78, 5) is 0. The molecule has 1 N–H and O–H groups in total. The van der Waals surface area contributed by atoms with Crippen molar-refractivity contribution in [3.63, 3.8) is 0 Å². The van der Waals surface area contributed by atoms with Crippen LogP contribution in [0.5, 0.6) is 0 Å². The fourth-order valence-corrected chi connectivity index (χ4v) is 2.93. The summed E-state index contributed by atoms with van der Waals surface area (Å²) in [5.41, 5.74) is -0.152. The Labute approximate surface area is 132 Å². The predicted molar refractivity (Wildman–Crippen MR) is 82.1 cm³/mol. The van der Waals surface area contributed by atoms with Crippen molar-refractivity contribution >= 4 is 15.9 Å². The highest BCUT2D eigenvalue weighted by Gasteiger charge is 2.35. The summed E-state index contributed by atoms with van der Waals surface area (Å²) in [5.74, 6) is 0.723. The average molecular weight is 364 g/mol. The highest BCUT2D eigenvalue weighted by Crippen LogP contribution is 2.40. The van der Waals surface area contributed by atoms with Gasteiger partial charge < -0.3 is 5.32 Å². The monoisotopic (exact) mass is 363 g/mol. The molecule has 0 aromatic heterocycles. The molecule has 0 aliphatic heterocycles. The van der Waals surface area contributed by atoms with Gasteiger partial charge in [0.05, 0.1) is 5.56 Å². The lowest BCUT2D eigenvalue weighted by Gasteiger charge is -2.23. The third-order valence-corrected chi connectivity index (χ3v) is 4.39. The normalized spacial score (nSPS) is 17.0. The Morgan fingerprint density at radius 1 is 1.33 bits per heavy atom. The number of hydrogen-bond acceptors (Lipinski definition) is 1. The fourth-order valence-electron chi connectivity index (χ4n) is 2.57. The molecule has 0 radical (unpaired) electrons. The van der Waals surface area contributed by atoms with Crippen LogP contribution in [0.1, 0.15) is 56.2 Å². The maximum Gasteiger partial charge on any atom is 0.416 e. The van der Waals surface area contributed by atoms with E-state index in [1.165, 1.54) is 18.9 Å². The molecular formula is C16H21BrF3N. The molecule has 1 aromatic rings. The van der Waals surface area contributed by atoms with Crippen LogP contribution in [-0.2, 0) is 6.18 Å². The second-order valence-corrected chi connectivity index (χ2v) is 6.67. The minimum atomic E-state index is -4.31. The Kier molecular flexibility index (Phi) is 5.72. The first-order valence-electron chi connectivity index (χ1n) is 7.51. The second kappa shape index (κ2) is 7.14. The minimum Gasteiger partial charge on any atom is -0.310 e. The highest BCUT2D eigenvalue weighted by atomic mass is 79.9. The molecule has 1 saturated carbocycles. The van der Waals surface area contributed by atoms with Crippen LogP contribution < -0.4 is 5.32 Å². The van der Waals surface area contributed by atoms with Gasteiger partial charge in [0.2, 0.25) is 0 Å². The van der Waals surface area contributed by atoms with Gasteiger partial charge in [-0.3, -0.25) is 0 Å². The molecule has 1 aliphatic rings. The molecule has 0 heterocycles. The molecule has 118 valence electrons. The summed E-state index contributed by atoms with van der Waals surface area (Å²) in [6, 6.07) is 4.28. The molecule has 2 rings (SSSR count). The lowest BCUT2D eigenvalue weighted by atomic mass is 9.95. The van der Waals surface area contributed by atoms with Gasteiger partial charge in [0.15, 0.2) is 0 Å². The minimum absolute atomic E-state index is 0.213. The molecule has 1 aromatic carbocycles. The maximum absolute atomic E-state index is 13.3. The molecule has 0 amide bonds. The van der Waals surface area contributed by atoms with E-state index in [-0.39, 0.29) is 6.04 Å². The van der Waals surface area contributed by atoms with Crippen LogP contribution in [0.2, 0.25) is 0 Å². The number of benzene rings is 1. The van der Waals surface area contributed by atoms with Gasteiger partial charge in [-0.1, -0.05) is 41.8 Å². The smallest absolute Gasteiger partial charge is 0.310 e. The average Bonchev–Trinajstić information content (AvgIpc) is 3.22. The van der Waals surface area contributed by atoms with Crippen LogP contribution in [0.3, 0.4) is 0 Å². The SMILES string of the molecule is CCCNC(CCC1CC1)c1ccc(Br)cc1C(F)(F)F. The first-order chi connectivity index (χ1) is 9.91. The van der Waals surface area contributed by atoms with E-state index in [1.807, 2.05) is 6.92 Å². The van der Waals surface area contributed by atoms with Crippen molar-refractivity contribution in [2.45, 2.75) is 51.2 Å². The summed E-state index contributed by atoms with van der Waals surface area (Å²) in [6.07, 6.45) is 0.840. The van der Waals surface area contributed by atoms with Crippen molar-refractivity contribution in [3.8, 4) is 0 Å². The van der Waals surface area contributed by atoms with Crippen LogP contribution in [0, 0.1) is 5.92 Å². The Morgan fingerprint density at radius 2 is 2.05 bits per heavy atom. The van der Waals surface area contributed by atoms with Crippen LogP contribution in [0.25, 0.3) is 0 Å². The summed E-state index contributed by atoms with van der Waals surface area (Å²) in [6.45, 7) is 2.76. The van der Waals surface area contributed by atoms with Gasteiger partial charge >= 0.3 is 6.18 Å². The van der Waals surface area contributed by atoms with Crippen molar-refractivity contribution < 1.29 is 13.2 Å². The van der Waals surface area contributed by atoms with E-state index in [4.69, 9.17) is 0 Å². The van der Waals surface area contributed by atoms with Gasteiger partial charge in [-0.15, -0.1) is 0 Å². The summed E-state index contributed by atoms with van der Waals surface area (Å²) in [7, 11) is 0. The van der Waals surface area contributed by atoms with Crippen LogP contribution >= 0.6 is 15.9 Å². The Balaban J connectivity index is 2.23. The zero-order chi connectivity index (χ0) is 15.5. The van der Waals surface area contributed by atoms with Crippen LogP contribution in [-0.4, -0.2) is 6.54 Å². The largest absolute Gasteiger partial charge is 0.416 e. The molecule has 1 aliphatic carbocycles. The van der Waals surface area contributed by atoms with E-state index in [0.29, 0.717) is 10.0 Å². The molecule has 1 fully saturated rings. The van der Waals surface area contributed by atoms with Crippen LogP contribution in [0.4, 0.5) is 13.2 Å². The molecule has 21 heavy (non-hydrogen) atoms. The Bertz CT molecular complexity index is 469. The van der Waals surface area contributed by atoms with E-state index < -0.39 is 11.7 Å². The van der Waals surface area contributed by atoms with E-state index in [2.05, 4.69) is 21.2 Å². The van der Waals surface area contributed by atoms with Crippen LogP contribution in [0.15, 0.2) is 22.7 Å². The fraction of sp³-hybridized carbons (Fsp3) is 0.625. The van der Waals surface area contributed by atoms with Crippen molar-refractivity contribution in [3.05, 3.63) is 33.8 Å². The molecule has 1 nitrogen and oxygen atoms in total. The maximum atomic E-state index is 13.3. The second-order valence-electron chi connectivity index (χ2n) is 5.76. The van der Waals surface area contributed by atoms with Gasteiger partial charge in [0, 0.05) is 10.5 Å². The van der Waals surface area contributed by atoms with Gasteiger partial charge in [-0.25, -0.2) is 0 Å². The Hall–Kier alpha value is -0.550. The van der Waals surface area contributed by atoms with Crippen molar-refractivity contribution in [2.75, 3.05) is 6.54 Å². The molecule has 5 heteroatoms. The molecule has 1 unspecified atom stereocenters. The quantitative estimate of drug-likeness (QED) is 0.655. The first kappa shape index (κ1) is 16.8. The number of hydrogen-bond donors (Lipinski definition) is 1. The topological polar surface area (TPSA) is 12.0 Å². The van der Waals surface area contributed by atoms with E-state index in [1.54, 1.807) is 12.1 Å². The molecule has 0 bridgehead atoms. The van der Waals surface area contributed by atoms with Gasteiger partial charge in [0.1, 0.15) is 0 Å². The summed E-state index contributed by atoms with van der Waals surface area (Å²) >= 11 is 3.14. The van der Waals surface area contributed by atoms with Crippen molar-refractivity contribution in [1.29, 1.82) is 0 Å². The first-order valence-corrected chi connectivity index (χ1v) is 8.31. The molecular weight excluding hydrogens is 343 g/mol. The van der Waals surface area contributed by atoms with E-state index in [0.717, 1.165) is 31.7 Å². The number of nitrogens with one attached hydrogen (secondary N) is 1.